The summed E-state index contributed by atoms with van der Waals surface area (Å²) in [6, 6.07) is 14.3. The number of rotatable bonds is 5. The lowest BCUT2D eigenvalue weighted by Crippen LogP contribution is -2.41. The van der Waals surface area contributed by atoms with Gasteiger partial charge in [-0.1, -0.05) is 18.2 Å². The first kappa shape index (κ1) is 17.8. The van der Waals surface area contributed by atoms with Gasteiger partial charge in [0, 0.05) is 10.3 Å². The van der Waals surface area contributed by atoms with Gasteiger partial charge >= 0.3 is 0 Å². The third-order valence-electron chi connectivity index (χ3n) is 3.66. The Labute approximate surface area is 154 Å². The molecule has 0 aliphatic heterocycles. The number of nitrogens with one attached hydrogen (secondary N) is 2. The molecule has 3 aromatic rings. The zero-order valence-electron chi connectivity index (χ0n) is 14.4. The fraction of sp³-hybridized carbons (Fsp3) is 0.158. The van der Waals surface area contributed by atoms with Crippen molar-refractivity contribution >= 4 is 33.2 Å². The summed E-state index contributed by atoms with van der Waals surface area (Å²) in [5.41, 5.74) is 5.20. The highest BCUT2D eigenvalue weighted by molar-refractivity contribution is 7.20. The van der Waals surface area contributed by atoms with Crippen LogP contribution in [0.25, 0.3) is 10.1 Å². The Bertz CT molecular complexity index is 919. The molecule has 0 unspecified atom stereocenters. The van der Waals surface area contributed by atoms with Crippen molar-refractivity contribution in [1.82, 2.24) is 10.9 Å². The van der Waals surface area contributed by atoms with Gasteiger partial charge in [-0.05, 0) is 42.6 Å². The van der Waals surface area contributed by atoms with Crippen molar-refractivity contribution in [2.45, 2.75) is 6.92 Å². The predicted molar refractivity (Wildman–Crippen MR) is 101 cm³/mol. The number of hydrogen-bond donors (Lipinski definition) is 2. The number of hydrogen-bond acceptors (Lipinski definition) is 5. The van der Waals surface area contributed by atoms with Crippen LogP contribution in [0.5, 0.6) is 11.5 Å². The maximum Gasteiger partial charge on any atom is 0.279 e. The Balaban J connectivity index is 1.67. The molecule has 0 radical (unpaired) electrons. The van der Waals surface area contributed by atoms with E-state index in [4.69, 9.17) is 9.47 Å². The second-order valence-electron chi connectivity index (χ2n) is 5.36. The fourth-order valence-electron chi connectivity index (χ4n) is 2.42. The van der Waals surface area contributed by atoms with Crippen LogP contribution >= 0.6 is 11.3 Å². The zero-order valence-corrected chi connectivity index (χ0v) is 15.2. The molecule has 26 heavy (non-hydrogen) atoms. The SMILES string of the molecule is CCOc1ccc(C(=O)NNC(=O)c2cc3ccccc3s2)cc1OC. The van der Waals surface area contributed by atoms with E-state index in [1.807, 2.05) is 31.2 Å². The van der Waals surface area contributed by atoms with Crippen LogP contribution in [0.4, 0.5) is 0 Å². The maximum atomic E-state index is 12.3. The molecule has 0 saturated carbocycles. The molecule has 1 aromatic heterocycles. The first-order chi connectivity index (χ1) is 12.6. The number of thiophene rings is 1. The van der Waals surface area contributed by atoms with Crippen molar-refractivity contribution < 1.29 is 19.1 Å². The topological polar surface area (TPSA) is 76.7 Å². The van der Waals surface area contributed by atoms with Crippen LogP contribution in [0.2, 0.25) is 0 Å². The minimum absolute atomic E-state index is 0.349. The number of carbonyl (C=O) groups is 2. The number of amides is 2. The van der Waals surface area contributed by atoms with E-state index in [0.717, 1.165) is 10.1 Å². The second-order valence-corrected chi connectivity index (χ2v) is 6.44. The summed E-state index contributed by atoms with van der Waals surface area (Å²) in [7, 11) is 1.50. The molecule has 2 N–H and O–H groups in total. The molecule has 0 fully saturated rings. The lowest BCUT2D eigenvalue weighted by molar-refractivity contribution is 0.0848. The van der Waals surface area contributed by atoms with Gasteiger partial charge in [-0.15, -0.1) is 11.3 Å². The molecule has 2 aromatic carbocycles. The molecule has 0 spiro atoms. The van der Waals surface area contributed by atoms with Crippen molar-refractivity contribution in [3.63, 3.8) is 0 Å². The Morgan fingerprint density at radius 2 is 1.77 bits per heavy atom. The first-order valence-corrected chi connectivity index (χ1v) is 8.84. The van der Waals surface area contributed by atoms with Crippen LogP contribution in [0.3, 0.4) is 0 Å². The quantitative estimate of drug-likeness (QED) is 0.675. The van der Waals surface area contributed by atoms with Gasteiger partial charge in [0.05, 0.1) is 18.6 Å². The van der Waals surface area contributed by atoms with Gasteiger partial charge < -0.3 is 9.47 Å². The standard InChI is InChI=1S/C19H18N2O4S/c1-3-25-14-9-8-13(10-15(14)24-2)18(22)20-21-19(23)17-11-12-6-4-5-7-16(12)26-17/h4-11H,3H2,1-2H3,(H,20,22)(H,21,23). The Hall–Kier alpha value is -3.06. The lowest BCUT2D eigenvalue weighted by atomic mass is 10.2. The minimum Gasteiger partial charge on any atom is -0.493 e. The summed E-state index contributed by atoms with van der Waals surface area (Å²) in [6.07, 6.45) is 0. The van der Waals surface area contributed by atoms with Gasteiger partial charge in [0.1, 0.15) is 0 Å². The zero-order chi connectivity index (χ0) is 18.5. The van der Waals surface area contributed by atoms with Crippen molar-refractivity contribution in [1.29, 1.82) is 0 Å². The van der Waals surface area contributed by atoms with E-state index in [-0.39, 0.29) is 5.91 Å². The molecular weight excluding hydrogens is 352 g/mol. The van der Waals surface area contributed by atoms with Crippen molar-refractivity contribution in [2.75, 3.05) is 13.7 Å². The summed E-state index contributed by atoms with van der Waals surface area (Å²) in [5.74, 6) is 0.203. The van der Waals surface area contributed by atoms with Crippen LogP contribution in [-0.2, 0) is 0 Å². The Kier molecular flexibility index (Phi) is 5.38. The van der Waals surface area contributed by atoms with E-state index in [0.29, 0.717) is 28.5 Å². The summed E-state index contributed by atoms with van der Waals surface area (Å²) < 4.78 is 11.7. The summed E-state index contributed by atoms with van der Waals surface area (Å²) in [5, 5.41) is 0.991. The van der Waals surface area contributed by atoms with Crippen molar-refractivity contribution in [3.05, 3.63) is 59.0 Å². The van der Waals surface area contributed by atoms with E-state index < -0.39 is 5.91 Å². The normalized spacial score (nSPS) is 10.4. The average Bonchev–Trinajstić information content (AvgIpc) is 3.10. The van der Waals surface area contributed by atoms with Crippen LogP contribution < -0.4 is 20.3 Å². The van der Waals surface area contributed by atoms with E-state index in [1.165, 1.54) is 18.4 Å². The summed E-state index contributed by atoms with van der Waals surface area (Å²) >= 11 is 1.37. The predicted octanol–water partition coefficient (Wildman–Crippen LogP) is 3.38. The molecule has 2 amide bonds. The molecule has 0 bridgehead atoms. The van der Waals surface area contributed by atoms with Gasteiger partial charge in [0.2, 0.25) is 0 Å². The summed E-state index contributed by atoms with van der Waals surface area (Å²) in [4.78, 5) is 25.0. The van der Waals surface area contributed by atoms with Crippen molar-refractivity contribution in [2.24, 2.45) is 0 Å². The molecular formula is C19H18N2O4S. The molecule has 0 atom stereocenters. The smallest absolute Gasteiger partial charge is 0.279 e. The van der Waals surface area contributed by atoms with Gasteiger partial charge in [-0.3, -0.25) is 20.4 Å². The highest BCUT2D eigenvalue weighted by Crippen LogP contribution is 2.28. The molecule has 3 rings (SSSR count). The Morgan fingerprint density at radius 3 is 2.50 bits per heavy atom. The molecule has 1 heterocycles. The van der Waals surface area contributed by atoms with Crippen molar-refractivity contribution in [3.8, 4) is 11.5 Å². The molecule has 134 valence electrons. The van der Waals surface area contributed by atoms with Gasteiger partial charge in [0.15, 0.2) is 11.5 Å². The molecule has 0 saturated heterocycles. The molecule has 0 aliphatic carbocycles. The average molecular weight is 370 g/mol. The third kappa shape index (κ3) is 3.78. The largest absolute Gasteiger partial charge is 0.493 e. The van der Waals surface area contributed by atoms with E-state index >= 15 is 0 Å². The molecule has 0 aliphatic rings. The highest BCUT2D eigenvalue weighted by atomic mass is 32.1. The number of fused-ring (bicyclic) bond motifs is 1. The van der Waals surface area contributed by atoms with E-state index in [9.17, 15) is 9.59 Å². The van der Waals surface area contributed by atoms with Crippen LogP contribution in [-0.4, -0.2) is 25.5 Å². The van der Waals surface area contributed by atoms with E-state index in [2.05, 4.69) is 10.9 Å². The molecule has 6 nitrogen and oxygen atoms in total. The van der Waals surface area contributed by atoms with Gasteiger partial charge in [-0.25, -0.2) is 0 Å². The lowest BCUT2D eigenvalue weighted by Gasteiger charge is -2.11. The second kappa shape index (κ2) is 7.88. The number of methoxy groups -OCH3 is 1. The number of benzene rings is 2. The monoisotopic (exact) mass is 370 g/mol. The summed E-state index contributed by atoms with van der Waals surface area (Å²) in [6.45, 7) is 2.36. The maximum absolute atomic E-state index is 12.3. The van der Waals surface area contributed by atoms with Gasteiger partial charge in [0.25, 0.3) is 11.8 Å². The third-order valence-corrected chi connectivity index (χ3v) is 4.78. The number of carbonyl (C=O) groups excluding carboxylic acids is 2. The number of ether oxygens (including phenoxy) is 2. The van der Waals surface area contributed by atoms with Crippen LogP contribution in [0.1, 0.15) is 27.0 Å². The van der Waals surface area contributed by atoms with Crippen LogP contribution in [0, 0.1) is 0 Å². The minimum atomic E-state index is -0.444. The highest BCUT2D eigenvalue weighted by Gasteiger charge is 2.14. The van der Waals surface area contributed by atoms with Crippen LogP contribution in [0.15, 0.2) is 48.5 Å². The first-order valence-electron chi connectivity index (χ1n) is 8.02. The fourth-order valence-corrected chi connectivity index (χ4v) is 3.38. The Morgan fingerprint density at radius 1 is 1.00 bits per heavy atom. The van der Waals surface area contributed by atoms with E-state index in [1.54, 1.807) is 24.3 Å². The number of hydrazine groups is 1. The molecule has 7 heteroatoms. The van der Waals surface area contributed by atoms with Gasteiger partial charge in [-0.2, -0.15) is 0 Å².